The van der Waals surface area contributed by atoms with Gasteiger partial charge in [-0.15, -0.1) is 0 Å². The highest BCUT2D eigenvalue weighted by molar-refractivity contribution is 6.07. The summed E-state index contributed by atoms with van der Waals surface area (Å²) in [6.07, 6.45) is 0.849. The topological polar surface area (TPSA) is 91.0 Å². The molecule has 142 valence electrons. The molecule has 1 heterocycles. The van der Waals surface area contributed by atoms with E-state index in [-0.39, 0.29) is 25.0 Å². The highest BCUT2D eigenvalue weighted by Gasteiger charge is 2.49. The Hall–Kier alpha value is -2.61. The summed E-state index contributed by atoms with van der Waals surface area (Å²) < 4.78 is 5.20. The summed E-state index contributed by atoms with van der Waals surface area (Å²) in [4.78, 5) is 39.8. The number of carbonyl (C=O) groups is 3. The van der Waals surface area contributed by atoms with Crippen molar-refractivity contribution in [2.45, 2.75) is 25.8 Å². The summed E-state index contributed by atoms with van der Waals surface area (Å²) >= 11 is 0. The highest BCUT2D eigenvalue weighted by atomic mass is 16.5. The number of likely N-dealkylation sites (N-methyl/N-ethyl adjacent to an activating group) is 1. The van der Waals surface area contributed by atoms with Gasteiger partial charge in [-0.2, -0.15) is 0 Å². The first kappa shape index (κ1) is 19.7. The zero-order valence-corrected chi connectivity index (χ0v) is 15.7. The maximum absolute atomic E-state index is 12.9. The third-order valence-electron chi connectivity index (χ3n) is 4.29. The fourth-order valence-electron chi connectivity index (χ4n) is 2.81. The minimum Gasteiger partial charge on any atom is -0.497 e. The SMILES string of the molecule is CCCNC(=O)CN(C)CN1C(=O)N[C@@](C)(c2cccc(OC)c2)C1=O. The van der Waals surface area contributed by atoms with Gasteiger partial charge in [0.15, 0.2) is 0 Å². The second-order valence-electron chi connectivity index (χ2n) is 6.53. The van der Waals surface area contributed by atoms with E-state index in [0.717, 1.165) is 11.3 Å². The lowest BCUT2D eigenvalue weighted by Gasteiger charge is -2.24. The number of carbonyl (C=O) groups excluding carboxylic acids is 3. The maximum Gasteiger partial charge on any atom is 0.326 e. The van der Waals surface area contributed by atoms with Gasteiger partial charge in [0, 0.05) is 6.54 Å². The molecule has 0 bridgehead atoms. The lowest BCUT2D eigenvalue weighted by Crippen LogP contribution is -2.45. The fraction of sp³-hybridized carbons (Fsp3) is 0.500. The average molecular weight is 362 g/mol. The number of ether oxygens (including phenoxy) is 1. The molecule has 2 rings (SSSR count). The van der Waals surface area contributed by atoms with Crippen molar-refractivity contribution in [2.24, 2.45) is 0 Å². The van der Waals surface area contributed by atoms with Gasteiger partial charge >= 0.3 is 6.03 Å². The van der Waals surface area contributed by atoms with E-state index in [9.17, 15) is 14.4 Å². The van der Waals surface area contributed by atoms with E-state index < -0.39 is 11.6 Å². The molecule has 0 aliphatic carbocycles. The first-order chi connectivity index (χ1) is 12.3. The van der Waals surface area contributed by atoms with Crippen LogP contribution < -0.4 is 15.4 Å². The van der Waals surface area contributed by atoms with Crippen molar-refractivity contribution in [3.8, 4) is 5.75 Å². The van der Waals surface area contributed by atoms with Crippen LogP contribution in [0.2, 0.25) is 0 Å². The standard InChI is InChI=1S/C18H26N4O4/c1-5-9-19-15(23)11-21(3)12-22-16(24)18(2,20-17(22)25)13-7-6-8-14(10-13)26-4/h6-8,10H,5,9,11-12H2,1-4H3,(H,19,23)(H,20,25)/t18-/m0/s1. The van der Waals surface area contributed by atoms with Gasteiger partial charge < -0.3 is 15.4 Å². The number of amides is 4. The number of urea groups is 1. The second kappa shape index (κ2) is 8.18. The summed E-state index contributed by atoms with van der Waals surface area (Å²) in [6.45, 7) is 4.37. The Morgan fingerprint density at radius 1 is 1.38 bits per heavy atom. The Bertz CT molecular complexity index is 694. The Kier molecular flexibility index (Phi) is 6.20. The van der Waals surface area contributed by atoms with Gasteiger partial charge in [0.2, 0.25) is 5.91 Å². The third-order valence-corrected chi connectivity index (χ3v) is 4.29. The van der Waals surface area contributed by atoms with Crippen molar-refractivity contribution >= 4 is 17.8 Å². The smallest absolute Gasteiger partial charge is 0.326 e. The third kappa shape index (κ3) is 4.13. The van der Waals surface area contributed by atoms with Gasteiger partial charge in [-0.3, -0.25) is 14.5 Å². The summed E-state index contributed by atoms with van der Waals surface area (Å²) in [6, 6.07) is 6.55. The van der Waals surface area contributed by atoms with Crippen molar-refractivity contribution in [2.75, 3.05) is 33.9 Å². The lowest BCUT2D eigenvalue weighted by molar-refractivity contribution is -0.133. The van der Waals surface area contributed by atoms with E-state index in [0.29, 0.717) is 17.9 Å². The number of hydrogen-bond donors (Lipinski definition) is 2. The lowest BCUT2D eigenvalue weighted by atomic mass is 9.92. The average Bonchev–Trinajstić information content (AvgIpc) is 2.84. The zero-order chi connectivity index (χ0) is 19.3. The molecule has 1 saturated heterocycles. The molecule has 8 nitrogen and oxygen atoms in total. The van der Waals surface area contributed by atoms with Gasteiger partial charge in [-0.25, -0.2) is 9.69 Å². The van der Waals surface area contributed by atoms with Crippen LogP contribution in [-0.4, -0.2) is 61.6 Å². The van der Waals surface area contributed by atoms with Crippen molar-refractivity contribution in [1.29, 1.82) is 0 Å². The van der Waals surface area contributed by atoms with Crippen LogP contribution in [0.3, 0.4) is 0 Å². The fourth-order valence-corrected chi connectivity index (χ4v) is 2.81. The number of rotatable bonds is 8. The number of hydrogen-bond acceptors (Lipinski definition) is 5. The molecule has 1 fully saturated rings. The van der Waals surface area contributed by atoms with Gasteiger partial charge in [0.05, 0.1) is 20.3 Å². The molecule has 2 N–H and O–H groups in total. The van der Waals surface area contributed by atoms with Crippen LogP contribution >= 0.6 is 0 Å². The van der Waals surface area contributed by atoms with E-state index in [4.69, 9.17) is 4.74 Å². The van der Waals surface area contributed by atoms with Crippen LogP contribution in [0.15, 0.2) is 24.3 Å². The molecule has 1 aliphatic heterocycles. The van der Waals surface area contributed by atoms with Crippen LogP contribution in [0.1, 0.15) is 25.8 Å². The normalized spacial score (nSPS) is 19.7. The first-order valence-corrected chi connectivity index (χ1v) is 8.55. The molecule has 1 aromatic rings. The molecule has 0 radical (unpaired) electrons. The predicted molar refractivity (Wildman–Crippen MR) is 96.5 cm³/mol. The number of imide groups is 1. The molecule has 8 heteroatoms. The Morgan fingerprint density at radius 2 is 2.12 bits per heavy atom. The molecule has 0 saturated carbocycles. The van der Waals surface area contributed by atoms with E-state index in [1.165, 1.54) is 0 Å². The summed E-state index contributed by atoms with van der Waals surface area (Å²) in [5.41, 5.74) is -0.530. The molecular weight excluding hydrogens is 336 g/mol. The number of nitrogens with zero attached hydrogens (tertiary/aromatic N) is 2. The molecule has 26 heavy (non-hydrogen) atoms. The molecular formula is C18H26N4O4. The van der Waals surface area contributed by atoms with Crippen LogP contribution in [0, 0.1) is 0 Å². The van der Waals surface area contributed by atoms with Crippen molar-refractivity contribution < 1.29 is 19.1 Å². The zero-order valence-electron chi connectivity index (χ0n) is 15.7. The van der Waals surface area contributed by atoms with Gasteiger partial charge in [-0.1, -0.05) is 19.1 Å². The van der Waals surface area contributed by atoms with Crippen LogP contribution in [-0.2, 0) is 15.1 Å². The van der Waals surface area contributed by atoms with Crippen molar-refractivity contribution in [3.63, 3.8) is 0 Å². The highest BCUT2D eigenvalue weighted by Crippen LogP contribution is 2.30. The second-order valence-corrected chi connectivity index (χ2v) is 6.53. The Labute approximate surface area is 153 Å². The summed E-state index contributed by atoms with van der Waals surface area (Å²) in [7, 11) is 3.23. The quantitative estimate of drug-likeness (QED) is 0.670. The predicted octanol–water partition coefficient (Wildman–Crippen LogP) is 0.878. The molecule has 1 aliphatic rings. The number of methoxy groups -OCH3 is 1. The Morgan fingerprint density at radius 3 is 2.77 bits per heavy atom. The van der Waals surface area contributed by atoms with Gasteiger partial charge in [0.25, 0.3) is 5.91 Å². The first-order valence-electron chi connectivity index (χ1n) is 8.55. The summed E-state index contributed by atoms with van der Waals surface area (Å²) in [5, 5.41) is 5.51. The van der Waals surface area contributed by atoms with E-state index in [2.05, 4.69) is 10.6 Å². The van der Waals surface area contributed by atoms with Crippen LogP contribution in [0.5, 0.6) is 5.75 Å². The number of benzene rings is 1. The van der Waals surface area contributed by atoms with Gasteiger partial charge in [-0.05, 0) is 38.1 Å². The monoisotopic (exact) mass is 362 g/mol. The van der Waals surface area contributed by atoms with Crippen LogP contribution in [0.4, 0.5) is 4.79 Å². The van der Waals surface area contributed by atoms with E-state index in [1.54, 1.807) is 50.2 Å². The van der Waals surface area contributed by atoms with Gasteiger partial charge in [0.1, 0.15) is 11.3 Å². The Balaban J connectivity index is 2.09. The molecule has 0 unspecified atom stereocenters. The maximum atomic E-state index is 12.9. The minimum absolute atomic E-state index is 0.0315. The van der Waals surface area contributed by atoms with E-state index in [1.807, 2.05) is 6.92 Å². The van der Waals surface area contributed by atoms with Crippen molar-refractivity contribution in [1.82, 2.24) is 20.4 Å². The number of nitrogens with one attached hydrogen (secondary N) is 2. The largest absolute Gasteiger partial charge is 0.497 e. The molecule has 4 amide bonds. The minimum atomic E-state index is -1.17. The molecule has 1 aromatic carbocycles. The molecule has 1 atom stereocenters. The summed E-state index contributed by atoms with van der Waals surface area (Å²) in [5.74, 6) is 0.0995. The molecule has 0 spiro atoms. The molecule has 0 aromatic heterocycles. The van der Waals surface area contributed by atoms with Crippen LogP contribution in [0.25, 0.3) is 0 Å². The van der Waals surface area contributed by atoms with E-state index >= 15 is 0 Å². The van der Waals surface area contributed by atoms with Crippen molar-refractivity contribution in [3.05, 3.63) is 29.8 Å².